The van der Waals surface area contributed by atoms with E-state index in [-0.39, 0.29) is 40.9 Å². The summed E-state index contributed by atoms with van der Waals surface area (Å²) in [5.41, 5.74) is 6.69. The van der Waals surface area contributed by atoms with Crippen LogP contribution in [0.25, 0.3) is 11.0 Å². The number of benzene rings is 2. The lowest BCUT2D eigenvalue weighted by Gasteiger charge is -2.14. The van der Waals surface area contributed by atoms with Crippen LogP contribution in [0.2, 0.25) is 0 Å². The molecule has 4 rings (SSSR count). The number of anilines is 1. The molecule has 1 aliphatic rings. The molecule has 1 aliphatic heterocycles. The Morgan fingerprint density at radius 2 is 1.72 bits per heavy atom. The topological polar surface area (TPSA) is 143 Å². The number of sulfone groups is 1. The van der Waals surface area contributed by atoms with E-state index in [0.717, 1.165) is 4.90 Å². The molecule has 0 bridgehead atoms. The second kappa shape index (κ2) is 6.82. The number of imidazole rings is 1. The van der Waals surface area contributed by atoms with Gasteiger partial charge in [0.1, 0.15) is 17.1 Å². The molecule has 3 aromatic rings. The molecular formula is C19H16N4O5S. The van der Waals surface area contributed by atoms with E-state index in [1.807, 2.05) is 0 Å². The zero-order chi connectivity index (χ0) is 20.8. The third kappa shape index (κ3) is 3.38. The number of hydrogen-bond acceptors (Lipinski definition) is 6. The van der Waals surface area contributed by atoms with Crippen LogP contribution >= 0.6 is 0 Å². The molecule has 3 amide bonds. The van der Waals surface area contributed by atoms with Gasteiger partial charge in [0.2, 0.25) is 11.8 Å². The van der Waals surface area contributed by atoms with Gasteiger partial charge < -0.3 is 10.7 Å². The minimum absolute atomic E-state index is 0.0240. The van der Waals surface area contributed by atoms with Gasteiger partial charge in [-0.1, -0.05) is 6.07 Å². The van der Waals surface area contributed by atoms with Crippen molar-refractivity contribution in [1.82, 2.24) is 9.97 Å². The lowest BCUT2D eigenvalue weighted by atomic mass is 10.2. The molecule has 0 aliphatic carbocycles. The molecule has 1 saturated heterocycles. The van der Waals surface area contributed by atoms with Gasteiger partial charge in [0.05, 0.1) is 21.7 Å². The first kappa shape index (κ1) is 18.8. The predicted octanol–water partition coefficient (Wildman–Crippen LogP) is 1.29. The summed E-state index contributed by atoms with van der Waals surface area (Å²) < 4.78 is 25.5. The van der Waals surface area contributed by atoms with Crippen LogP contribution in [0.1, 0.15) is 29.0 Å². The molecule has 2 heterocycles. The van der Waals surface area contributed by atoms with E-state index in [1.165, 1.54) is 30.3 Å². The molecule has 3 N–H and O–H groups in total. The number of para-hydroxylation sites is 1. The molecule has 0 unspecified atom stereocenters. The average Bonchev–Trinajstić information content (AvgIpc) is 3.23. The van der Waals surface area contributed by atoms with Crippen molar-refractivity contribution in [3.05, 3.63) is 53.9 Å². The summed E-state index contributed by atoms with van der Waals surface area (Å²) in [6.45, 7) is 0. The Morgan fingerprint density at radius 1 is 1.07 bits per heavy atom. The van der Waals surface area contributed by atoms with Crippen molar-refractivity contribution >= 4 is 44.3 Å². The van der Waals surface area contributed by atoms with E-state index in [1.54, 1.807) is 12.1 Å². The number of aromatic amines is 1. The molecule has 29 heavy (non-hydrogen) atoms. The van der Waals surface area contributed by atoms with E-state index >= 15 is 0 Å². The molecule has 0 saturated carbocycles. The second-order valence-electron chi connectivity index (χ2n) is 6.63. The number of fused-ring (bicyclic) bond motifs is 1. The summed E-state index contributed by atoms with van der Waals surface area (Å²) in [6.07, 6.45) is 0.302. The minimum Gasteiger partial charge on any atom is -0.366 e. The Hall–Kier alpha value is -3.53. The lowest BCUT2D eigenvalue weighted by molar-refractivity contribution is -0.121. The zero-order valence-corrected chi connectivity index (χ0v) is 15.9. The first-order valence-corrected chi connectivity index (χ1v) is 10.4. The van der Waals surface area contributed by atoms with Gasteiger partial charge >= 0.3 is 0 Å². The molecule has 0 spiro atoms. The number of carbonyl (C=O) groups excluding carboxylic acids is 3. The van der Waals surface area contributed by atoms with Gasteiger partial charge in [-0.25, -0.2) is 13.4 Å². The van der Waals surface area contributed by atoms with Crippen molar-refractivity contribution in [3.8, 4) is 0 Å². The Bertz CT molecular complexity index is 1250. The Labute approximate surface area is 165 Å². The number of nitrogens with two attached hydrogens (primary N) is 1. The van der Waals surface area contributed by atoms with Gasteiger partial charge in [-0.05, 0) is 36.4 Å². The summed E-state index contributed by atoms with van der Waals surface area (Å²) in [6, 6.07) is 10.4. The fourth-order valence-corrected chi connectivity index (χ4v) is 4.49. The van der Waals surface area contributed by atoms with Crippen LogP contribution in [-0.2, 0) is 25.2 Å². The summed E-state index contributed by atoms with van der Waals surface area (Å²) in [4.78, 5) is 43.3. The fraction of sp³-hybridized carbons (Fsp3) is 0.158. The number of H-pyrrole nitrogens is 1. The summed E-state index contributed by atoms with van der Waals surface area (Å²) in [5.74, 6) is -1.52. The summed E-state index contributed by atoms with van der Waals surface area (Å²) >= 11 is 0. The van der Waals surface area contributed by atoms with Crippen molar-refractivity contribution < 1.29 is 22.8 Å². The van der Waals surface area contributed by atoms with Crippen LogP contribution in [0.3, 0.4) is 0 Å². The maximum atomic E-state index is 12.8. The average molecular weight is 412 g/mol. The van der Waals surface area contributed by atoms with Gasteiger partial charge in [0, 0.05) is 12.8 Å². The summed E-state index contributed by atoms with van der Waals surface area (Å²) in [5, 5.41) is 0. The van der Waals surface area contributed by atoms with Crippen LogP contribution in [0, 0.1) is 0 Å². The first-order valence-electron chi connectivity index (χ1n) is 8.72. The molecule has 10 heteroatoms. The largest absolute Gasteiger partial charge is 0.366 e. The van der Waals surface area contributed by atoms with Crippen LogP contribution in [0.4, 0.5) is 5.69 Å². The van der Waals surface area contributed by atoms with E-state index in [4.69, 9.17) is 5.73 Å². The Morgan fingerprint density at radius 3 is 2.34 bits per heavy atom. The van der Waals surface area contributed by atoms with Gasteiger partial charge in [0.15, 0.2) is 9.84 Å². The predicted molar refractivity (Wildman–Crippen MR) is 104 cm³/mol. The SMILES string of the molecule is NC(=O)c1cccc2[nH]c(CS(=O)(=O)c3ccc(N4C(=O)CCC4=O)cc3)nc12. The third-order valence-corrected chi connectivity index (χ3v) is 6.30. The molecule has 1 fully saturated rings. The highest BCUT2D eigenvalue weighted by atomic mass is 32.2. The van der Waals surface area contributed by atoms with Crippen LogP contribution in [-0.4, -0.2) is 36.1 Å². The number of amides is 3. The highest BCUT2D eigenvalue weighted by Crippen LogP contribution is 2.25. The maximum Gasteiger partial charge on any atom is 0.250 e. The zero-order valence-electron chi connectivity index (χ0n) is 15.1. The standard InChI is InChI=1S/C19H16N4O5S/c20-19(26)13-2-1-3-14-18(13)22-15(21-14)10-29(27,28)12-6-4-11(5-7-12)23-16(24)8-9-17(23)25/h1-7H,8-10H2,(H2,20,26)(H,21,22). The minimum atomic E-state index is -3.76. The normalized spacial score (nSPS) is 14.7. The van der Waals surface area contributed by atoms with E-state index in [2.05, 4.69) is 9.97 Å². The smallest absolute Gasteiger partial charge is 0.250 e. The number of aromatic nitrogens is 2. The Kier molecular flexibility index (Phi) is 4.42. The number of imide groups is 1. The number of carbonyl (C=O) groups is 3. The quantitative estimate of drug-likeness (QED) is 0.604. The van der Waals surface area contributed by atoms with E-state index in [9.17, 15) is 22.8 Å². The van der Waals surface area contributed by atoms with Crippen LogP contribution < -0.4 is 10.6 Å². The molecule has 148 valence electrons. The van der Waals surface area contributed by atoms with Crippen molar-refractivity contribution in [2.75, 3.05) is 4.90 Å². The highest BCUT2D eigenvalue weighted by molar-refractivity contribution is 7.90. The van der Waals surface area contributed by atoms with Crippen molar-refractivity contribution in [3.63, 3.8) is 0 Å². The van der Waals surface area contributed by atoms with Gasteiger partial charge in [0.25, 0.3) is 5.91 Å². The lowest BCUT2D eigenvalue weighted by Crippen LogP contribution is -2.28. The fourth-order valence-electron chi connectivity index (χ4n) is 3.28. The highest BCUT2D eigenvalue weighted by Gasteiger charge is 2.30. The molecule has 9 nitrogen and oxygen atoms in total. The molecular weight excluding hydrogens is 396 g/mol. The molecule has 0 radical (unpaired) electrons. The third-order valence-electron chi connectivity index (χ3n) is 4.66. The maximum absolute atomic E-state index is 12.8. The van der Waals surface area contributed by atoms with E-state index in [0.29, 0.717) is 16.7 Å². The van der Waals surface area contributed by atoms with Crippen molar-refractivity contribution in [2.45, 2.75) is 23.5 Å². The Balaban J connectivity index is 1.61. The molecule has 2 aromatic carbocycles. The van der Waals surface area contributed by atoms with Crippen LogP contribution in [0.15, 0.2) is 47.4 Å². The molecule has 0 atom stereocenters. The molecule has 1 aromatic heterocycles. The first-order chi connectivity index (χ1) is 13.8. The van der Waals surface area contributed by atoms with Gasteiger partial charge in [-0.2, -0.15) is 0 Å². The second-order valence-corrected chi connectivity index (χ2v) is 8.61. The number of hydrogen-bond donors (Lipinski definition) is 2. The number of nitrogens with zero attached hydrogens (tertiary/aromatic N) is 2. The van der Waals surface area contributed by atoms with E-state index < -0.39 is 21.5 Å². The van der Waals surface area contributed by atoms with Crippen molar-refractivity contribution in [1.29, 1.82) is 0 Å². The number of nitrogens with one attached hydrogen (secondary N) is 1. The van der Waals surface area contributed by atoms with Gasteiger partial charge in [-0.15, -0.1) is 0 Å². The van der Waals surface area contributed by atoms with Gasteiger partial charge in [-0.3, -0.25) is 19.3 Å². The van der Waals surface area contributed by atoms with Crippen LogP contribution in [0.5, 0.6) is 0 Å². The monoisotopic (exact) mass is 412 g/mol. The number of primary amides is 1. The number of rotatable bonds is 5. The van der Waals surface area contributed by atoms with Crippen molar-refractivity contribution in [2.24, 2.45) is 5.73 Å². The summed E-state index contributed by atoms with van der Waals surface area (Å²) in [7, 11) is -3.76.